The van der Waals surface area contributed by atoms with Crippen LogP contribution in [-0.2, 0) is 9.53 Å². The zero-order valence-electron chi connectivity index (χ0n) is 13.5. The van der Waals surface area contributed by atoms with Gasteiger partial charge in [0, 0.05) is 17.1 Å². The van der Waals surface area contributed by atoms with Crippen molar-refractivity contribution in [3.63, 3.8) is 0 Å². The molecule has 0 aliphatic rings. The fourth-order valence-corrected chi connectivity index (χ4v) is 3.15. The monoisotopic (exact) mass is 375 g/mol. The summed E-state index contributed by atoms with van der Waals surface area (Å²) in [6.45, 7) is 1.39. The number of nitrogens with one attached hydrogen (secondary N) is 2. The second-order valence-electron chi connectivity index (χ2n) is 5.46. The first-order valence-corrected chi connectivity index (χ1v) is 8.40. The Balaban J connectivity index is 1.72. The number of ether oxygens (including phenoxy) is 1. The number of carbonyl (C=O) groups is 3. The van der Waals surface area contributed by atoms with Crippen LogP contribution < -0.4 is 11.1 Å². The summed E-state index contributed by atoms with van der Waals surface area (Å²) in [5.74, 6) is -2.55. The summed E-state index contributed by atoms with van der Waals surface area (Å²) in [5, 5.41) is 4.74. The van der Waals surface area contributed by atoms with Gasteiger partial charge in [0.15, 0.2) is 6.10 Å². The minimum Gasteiger partial charge on any atom is -0.449 e. The smallest absolute Gasteiger partial charge is 0.341 e. The van der Waals surface area contributed by atoms with Crippen molar-refractivity contribution in [2.45, 2.75) is 13.0 Å². The number of amides is 2. The van der Waals surface area contributed by atoms with Crippen molar-refractivity contribution in [1.29, 1.82) is 0 Å². The van der Waals surface area contributed by atoms with Crippen molar-refractivity contribution in [2.75, 3.05) is 5.32 Å². The Hall–Kier alpha value is -3.20. The number of primary amides is 1. The van der Waals surface area contributed by atoms with Crippen LogP contribution in [0.4, 0.5) is 9.39 Å². The van der Waals surface area contributed by atoms with Crippen molar-refractivity contribution in [1.82, 2.24) is 4.98 Å². The lowest BCUT2D eigenvalue weighted by Gasteiger charge is -2.13. The lowest BCUT2D eigenvalue weighted by atomic mass is 10.2. The third-order valence-electron chi connectivity index (χ3n) is 3.68. The minimum atomic E-state index is -1.14. The molecule has 3 rings (SSSR count). The van der Waals surface area contributed by atoms with Crippen molar-refractivity contribution in [3.8, 4) is 0 Å². The molecule has 3 aromatic rings. The summed E-state index contributed by atoms with van der Waals surface area (Å²) in [4.78, 5) is 38.6. The van der Waals surface area contributed by atoms with Gasteiger partial charge in [-0.05, 0) is 36.6 Å². The first-order chi connectivity index (χ1) is 12.4. The molecule has 0 aliphatic carbocycles. The van der Waals surface area contributed by atoms with Gasteiger partial charge < -0.3 is 20.8 Å². The van der Waals surface area contributed by atoms with E-state index in [0.29, 0.717) is 10.9 Å². The SMILES string of the molecule is C[C@@H](OC(=O)c1c[nH]c2ccc(F)cc12)C(=O)Nc1sccc1C(N)=O. The highest BCUT2D eigenvalue weighted by Crippen LogP contribution is 2.24. The normalized spacial score (nSPS) is 11.9. The van der Waals surface area contributed by atoms with Crippen LogP contribution in [0.25, 0.3) is 10.9 Å². The topological polar surface area (TPSA) is 114 Å². The molecule has 134 valence electrons. The number of H-pyrrole nitrogens is 1. The Morgan fingerprint density at radius 2 is 2.04 bits per heavy atom. The number of anilines is 1. The molecule has 1 aromatic carbocycles. The van der Waals surface area contributed by atoms with Crippen LogP contribution in [0.5, 0.6) is 0 Å². The molecule has 0 radical (unpaired) electrons. The fourth-order valence-electron chi connectivity index (χ4n) is 2.35. The van der Waals surface area contributed by atoms with Gasteiger partial charge in [-0.1, -0.05) is 0 Å². The summed E-state index contributed by atoms with van der Waals surface area (Å²) in [6, 6.07) is 5.46. The summed E-state index contributed by atoms with van der Waals surface area (Å²) in [7, 11) is 0. The van der Waals surface area contributed by atoms with Gasteiger partial charge in [0.05, 0.1) is 11.1 Å². The molecule has 0 bridgehead atoms. The average Bonchev–Trinajstić information content (AvgIpc) is 3.20. The summed E-state index contributed by atoms with van der Waals surface area (Å²) in [6.07, 6.45) is 0.255. The largest absolute Gasteiger partial charge is 0.449 e. The van der Waals surface area contributed by atoms with Gasteiger partial charge in [0.2, 0.25) is 0 Å². The average molecular weight is 375 g/mol. The number of rotatable bonds is 5. The molecule has 9 heteroatoms. The number of carbonyl (C=O) groups excluding carboxylic acids is 3. The Labute approximate surface area is 150 Å². The Kier molecular flexibility index (Phi) is 4.72. The number of esters is 1. The molecule has 0 unspecified atom stereocenters. The molecule has 0 spiro atoms. The highest BCUT2D eigenvalue weighted by atomic mass is 32.1. The summed E-state index contributed by atoms with van der Waals surface area (Å²) < 4.78 is 18.5. The first kappa shape index (κ1) is 17.6. The van der Waals surface area contributed by atoms with Gasteiger partial charge in [-0.25, -0.2) is 9.18 Å². The van der Waals surface area contributed by atoms with E-state index >= 15 is 0 Å². The van der Waals surface area contributed by atoms with E-state index in [0.717, 1.165) is 11.3 Å². The van der Waals surface area contributed by atoms with E-state index in [1.54, 1.807) is 5.38 Å². The number of aromatic nitrogens is 1. The summed E-state index contributed by atoms with van der Waals surface area (Å²) in [5.41, 5.74) is 6.08. The summed E-state index contributed by atoms with van der Waals surface area (Å²) >= 11 is 1.12. The standard InChI is InChI=1S/C17H14FN3O4S/c1-8(15(23)21-16-10(14(19)22)4-5-26-16)25-17(24)12-7-20-13-3-2-9(18)6-11(12)13/h2-8,20H,1H3,(H2,19,22)(H,21,23)/t8-/m1/s1. The fraction of sp³-hybridized carbons (Fsp3) is 0.118. The van der Waals surface area contributed by atoms with Crippen molar-refractivity contribution >= 4 is 45.0 Å². The molecule has 2 heterocycles. The maximum absolute atomic E-state index is 13.4. The van der Waals surface area contributed by atoms with Gasteiger partial charge in [0.1, 0.15) is 10.8 Å². The minimum absolute atomic E-state index is 0.119. The quantitative estimate of drug-likeness (QED) is 0.595. The van der Waals surface area contributed by atoms with E-state index in [2.05, 4.69) is 10.3 Å². The van der Waals surface area contributed by atoms with Crippen LogP contribution in [0.1, 0.15) is 27.6 Å². The van der Waals surface area contributed by atoms with Gasteiger partial charge >= 0.3 is 5.97 Å². The van der Waals surface area contributed by atoms with Gasteiger partial charge in [-0.15, -0.1) is 11.3 Å². The zero-order chi connectivity index (χ0) is 18.8. The molecule has 2 aromatic heterocycles. The highest BCUT2D eigenvalue weighted by molar-refractivity contribution is 7.14. The van der Waals surface area contributed by atoms with Crippen LogP contribution in [0.3, 0.4) is 0 Å². The van der Waals surface area contributed by atoms with Crippen LogP contribution in [-0.4, -0.2) is 28.9 Å². The highest BCUT2D eigenvalue weighted by Gasteiger charge is 2.23. The third kappa shape index (κ3) is 3.42. The predicted molar refractivity (Wildman–Crippen MR) is 94.6 cm³/mol. The van der Waals surface area contributed by atoms with E-state index in [1.165, 1.54) is 37.4 Å². The lowest BCUT2D eigenvalue weighted by molar-refractivity contribution is -0.123. The van der Waals surface area contributed by atoms with E-state index in [-0.39, 0.29) is 16.1 Å². The second-order valence-corrected chi connectivity index (χ2v) is 6.37. The number of nitrogens with two attached hydrogens (primary N) is 1. The number of aromatic amines is 1. The van der Waals surface area contributed by atoms with E-state index < -0.39 is 29.7 Å². The lowest BCUT2D eigenvalue weighted by Crippen LogP contribution is -2.30. The zero-order valence-corrected chi connectivity index (χ0v) is 14.4. The number of hydrogen-bond donors (Lipinski definition) is 3. The molecule has 0 aliphatic heterocycles. The second kappa shape index (κ2) is 6.96. The van der Waals surface area contributed by atoms with Crippen LogP contribution in [0, 0.1) is 5.82 Å². The van der Waals surface area contributed by atoms with E-state index in [9.17, 15) is 18.8 Å². The van der Waals surface area contributed by atoms with Gasteiger partial charge in [-0.2, -0.15) is 0 Å². The molecular weight excluding hydrogens is 361 g/mol. The van der Waals surface area contributed by atoms with Crippen LogP contribution in [0.2, 0.25) is 0 Å². The third-order valence-corrected chi connectivity index (χ3v) is 4.51. The van der Waals surface area contributed by atoms with Crippen molar-refractivity contribution < 1.29 is 23.5 Å². The van der Waals surface area contributed by atoms with E-state index in [4.69, 9.17) is 10.5 Å². The van der Waals surface area contributed by atoms with Gasteiger partial charge in [0.25, 0.3) is 11.8 Å². The Bertz CT molecular complexity index is 1010. The van der Waals surface area contributed by atoms with Crippen molar-refractivity contribution in [2.24, 2.45) is 5.73 Å². The maximum atomic E-state index is 13.4. The molecule has 2 amide bonds. The molecule has 4 N–H and O–H groups in total. The van der Waals surface area contributed by atoms with Crippen LogP contribution in [0.15, 0.2) is 35.8 Å². The molecule has 26 heavy (non-hydrogen) atoms. The number of hydrogen-bond acceptors (Lipinski definition) is 5. The molecule has 7 nitrogen and oxygen atoms in total. The molecule has 0 saturated carbocycles. The number of thiophene rings is 1. The number of fused-ring (bicyclic) bond motifs is 1. The van der Waals surface area contributed by atoms with Gasteiger partial charge in [-0.3, -0.25) is 9.59 Å². The van der Waals surface area contributed by atoms with Crippen molar-refractivity contribution in [3.05, 3.63) is 52.8 Å². The molecule has 1 atom stereocenters. The number of halogens is 1. The van der Waals surface area contributed by atoms with E-state index in [1.807, 2.05) is 0 Å². The molecular formula is C17H14FN3O4S. The molecule has 0 fully saturated rings. The maximum Gasteiger partial charge on any atom is 0.341 e. The number of benzene rings is 1. The van der Waals surface area contributed by atoms with Crippen LogP contribution >= 0.6 is 11.3 Å². The molecule has 0 saturated heterocycles. The Morgan fingerprint density at radius 1 is 1.27 bits per heavy atom. The first-order valence-electron chi connectivity index (χ1n) is 7.52. The Morgan fingerprint density at radius 3 is 2.77 bits per heavy atom. The predicted octanol–water partition coefficient (Wildman–Crippen LogP) is 2.65.